The van der Waals surface area contributed by atoms with Gasteiger partial charge in [-0.1, -0.05) is 12.1 Å². The molecule has 0 spiro atoms. The summed E-state index contributed by atoms with van der Waals surface area (Å²) in [5, 5.41) is 8.50. The van der Waals surface area contributed by atoms with Crippen molar-refractivity contribution < 1.29 is 22.7 Å². The fraction of sp³-hybridized carbons (Fsp3) is 0.292. The topological polar surface area (TPSA) is 80.3 Å². The fourth-order valence-corrected chi connectivity index (χ4v) is 4.04. The molecule has 2 amide bonds. The van der Waals surface area contributed by atoms with E-state index in [1.54, 1.807) is 17.2 Å². The predicted octanol–water partition coefficient (Wildman–Crippen LogP) is 6.02. The van der Waals surface area contributed by atoms with Gasteiger partial charge in [-0.2, -0.15) is 23.4 Å². The Morgan fingerprint density at radius 2 is 1.82 bits per heavy atom. The molecule has 0 saturated carbocycles. The van der Waals surface area contributed by atoms with Crippen LogP contribution < -0.4 is 10.5 Å². The third-order valence-corrected chi connectivity index (χ3v) is 5.77. The molecule has 2 aliphatic rings. The number of likely N-dealkylation sites (tertiary alicyclic amines) is 1. The Morgan fingerprint density at radius 3 is 2.48 bits per heavy atom. The molecule has 2 aromatic carbocycles. The Kier molecular flexibility index (Phi) is 6.48. The molecule has 1 atom stereocenters. The highest BCUT2D eigenvalue weighted by Crippen LogP contribution is 2.33. The minimum atomic E-state index is -4.39. The summed E-state index contributed by atoms with van der Waals surface area (Å²) in [5.74, 6) is 1.07. The minimum Gasteiger partial charge on any atom is -0.457 e. The van der Waals surface area contributed by atoms with E-state index in [0.717, 1.165) is 36.1 Å². The lowest BCUT2D eigenvalue weighted by atomic mass is 9.84. The van der Waals surface area contributed by atoms with Crippen molar-refractivity contribution in [2.24, 2.45) is 21.9 Å². The van der Waals surface area contributed by atoms with Gasteiger partial charge in [-0.3, -0.25) is 0 Å². The third kappa shape index (κ3) is 5.60. The van der Waals surface area contributed by atoms with Crippen LogP contribution in [0.4, 0.5) is 18.0 Å². The summed E-state index contributed by atoms with van der Waals surface area (Å²) in [4.78, 5) is 13.0. The molecule has 2 heterocycles. The molecule has 1 saturated heterocycles. The van der Waals surface area contributed by atoms with E-state index in [1.165, 1.54) is 12.1 Å². The molecule has 9 heteroatoms. The van der Waals surface area contributed by atoms with Crippen LogP contribution in [0.3, 0.4) is 0 Å². The van der Waals surface area contributed by atoms with Crippen LogP contribution in [0, 0.1) is 5.92 Å². The van der Waals surface area contributed by atoms with Crippen LogP contribution in [-0.4, -0.2) is 30.1 Å². The van der Waals surface area contributed by atoms with Gasteiger partial charge in [-0.05, 0) is 78.4 Å². The first-order chi connectivity index (χ1) is 15.8. The summed E-state index contributed by atoms with van der Waals surface area (Å²) in [6, 6.07) is 11.4. The molecule has 1 fully saturated rings. The van der Waals surface area contributed by atoms with Gasteiger partial charge in [0.2, 0.25) is 0 Å². The lowest BCUT2D eigenvalue weighted by Crippen LogP contribution is -2.43. The molecule has 2 aromatic rings. The zero-order chi connectivity index (χ0) is 23.4. The molecule has 0 radical (unpaired) electrons. The molecule has 4 rings (SSSR count). The van der Waals surface area contributed by atoms with Crippen LogP contribution in [-0.2, 0) is 6.18 Å². The molecule has 2 aliphatic heterocycles. The van der Waals surface area contributed by atoms with Crippen molar-refractivity contribution in [1.29, 1.82) is 0 Å². The van der Waals surface area contributed by atoms with Crippen LogP contribution in [0.25, 0.3) is 6.08 Å². The number of azo groups is 1. The summed E-state index contributed by atoms with van der Waals surface area (Å²) >= 11 is 0. The minimum absolute atomic E-state index is 0.121. The fourth-order valence-electron chi connectivity index (χ4n) is 4.04. The van der Waals surface area contributed by atoms with Crippen LogP contribution in [0.5, 0.6) is 11.5 Å². The molecular formula is C24H23F3N4O2. The zero-order valence-corrected chi connectivity index (χ0v) is 17.7. The van der Waals surface area contributed by atoms with Crippen LogP contribution in [0.1, 0.15) is 24.0 Å². The lowest BCUT2D eigenvalue weighted by molar-refractivity contribution is -0.137. The van der Waals surface area contributed by atoms with Crippen LogP contribution >= 0.6 is 0 Å². The summed E-state index contributed by atoms with van der Waals surface area (Å²) < 4.78 is 44.0. The largest absolute Gasteiger partial charge is 0.457 e. The van der Waals surface area contributed by atoms with Crippen molar-refractivity contribution in [1.82, 2.24) is 4.90 Å². The smallest absolute Gasteiger partial charge is 0.416 e. The van der Waals surface area contributed by atoms with Gasteiger partial charge in [0.05, 0.1) is 11.6 Å². The Labute approximate surface area is 189 Å². The third-order valence-electron chi connectivity index (χ3n) is 5.77. The second-order valence-electron chi connectivity index (χ2n) is 8.00. The lowest BCUT2D eigenvalue weighted by Gasteiger charge is -2.34. The van der Waals surface area contributed by atoms with Crippen molar-refractivity contribution in [3.63, 3.8) is 0 Å². The first-order valence-corrected chi connectivity index (χ1v) is 10.6. The number of piperidine rings is 1. The van der Waals surface area contributed by atoms with Crippen molar-refractivity contribution in [2.45, 2.75) is 25.1 Å². The number of carbonyl (C=O) groups is 1. The summed E-state index contributed by atoms with van der Waals surface area (Å²) in [5.41, 5.74) is 6.52. The average Bonchev–Trinajstić information content (AvgIpc) is 2.79. The molecule has 0 aliphatic carbocycles. The SMILES string of the molecule is NC(=O)N1CCC(C2N=NC=CC2=Cc2cccc(Oc3ccc(C(F)(F)F)cc3)c2)CC1. The molecule has 2 N–H and O–H groups in total. The van der Waals surface area contributed by atoms with Gasteiger partial charge in [0, 0.05) is 19.3 Å². The van der Waals surface area contributed by atoms with E-state index in [2.05, 4.69) is 10.2 Å². The van der Waals surface area contributed by atoms with Gasteiger partial charge in [0.15, 0.2) is 0 Å². The predicted molar refractivity (Wildman–Crippen MR) is 118 cm³/mol. The van der Waals surface area contributed by atoms with E-state index in [-0.39, 0.29) is 12.0 Å². The number of halogens is 3. The van der Waals surface area contributed by atoms with E-state index in [9.17, 15) is 18.0 Å². The molecule has 0 bridgehead atoms. The first kappa shape index (κ1) is 22.6. The maximum absolute atomic E-state index is 12.8. The summed E-state index contributed by atoms with van der Waals surface area (Å²) in [6.07, 6.45) is 2.75. The molecule has 6 nitrogen and oxygen atoms in total. The molecular weight excluding hydrogens is 433 g/mol. The highest BCUT2D eigenvalue weighted by molar-refractivity contribution is 5.72. The van der Waals surface area contributed by atoms with Crippen LogP contribution in [0.2, 0.25) is 0 Å². The maximum atomic E-state index is 12.8. The summed E-state index contributed by atoms with van der Waals surface area (Å²) in [6.45, 7) is 1.19. The number of rotatable bonds is 4. The quantitative estimate of drug-likeness (QED) is 0.610. The Hall–Kier alpha value is -3.62. The highest BCUT2D eigenvalue weighted by Gasteiger charge is 2.31. The zero-order valence-electron chi connectivity index (χ0n) is 17.7. The van der Waals surface area contributed by atoms with Crippen molar-refractivity contribution in [3.8, 4) is 11.5 Å². The number of benzene rings is 2. The normalized spacial score (nSPS) is 20.3. The van der Waals surface area contributed by atoms with Crippen LogP contribution in [0.15, 0.2) is 76.6 Å². The number of hydrogen-bond donors (Lipinski definition) is 1. The van der Waals surface area contributed by atoms with Gasteiger partial charge < -0.3 is 15.4 Å². The van der Waals surface area contributed by atoms with E-state index in [4.69, 9.17) is 10.5 Å². The monoisotopic (exact) mass is 456 g/mol. The van der Waals surface area contributed by atoms with E-state index < -0.39 is 17.8 Å². The number of amides is 2. The number of nitrogens with two attached hydrogens (primary N) is 1. The number of carbonyl (C=O) groups excluding carboxylic acids is 1. The van der Waals surface area contributed by atoms with Crippen molar-refractivity contribution >= 4 is 12.1 Å². The number of hydrogen-bond acceptors (Lipinski definition) is 4. The Balaban J connectivity index is 1.48. The van der Waals surface area contributed by atoms with E-state index >= 15 is 0 Å². The van der Waals surface area contributed by atoms with Crippen molar-refractivity contribution in [2.75, 3.05) is 13.1 Å². The van der Waals surface area contributed by atoms with Gasteiger partial charge in [0.25, 0.3) is 0 Å². The Bertz CT molecular complexity index is 1090. The highest BCUT2D eigenvalue weighted by atomic mass is 19.4. The number of nitrogens with zero attached hydrogens (tertiary/aromatic N) is 3. The first-order valence-electron chi connectivity index (χ1n) is 10.6. The Morgan fingerprint density at radius 1 is 1.09 bits per heavy atom. The van der Waals surface area contributed by atoms with Gasteiger partial charge >= 0.3 is 12.2 Å². The standard InChI is InChI=1S/C24H23F3N4O2/c25-24(26,27)19-4-6-20(7-5-19)33-21-3-1-2-16(15-21)14-18-8-11-29-30-22(18)17-9-12-31(13-10-17)23(28)32/h1-8,11,14-15,17,22H,9-10,12-13H2,(H2,28,32). The maximum Gasteiger partial charge on any atom is 0.416 e. The number of primary amides is 1. The molecule has 172 valence electrons. The number of urea groups is 1. The second-order valence-corrected chi connectivity index (χ2v) is 8.00. The van der Waals surface area contributed by atoms with Gasteiger partial charge in [0.1, 0.15) is 11.5 Å². The summed E-state index contributed by atoms with van der Waals surface area (Å²) in [7, 11) is 0. The van der Waals surface area contributed by atoms with Crippen molar-refractivity contribution in [3.05, 3.63) is 77.5 Å². The number of ether oxygens (including phenoxy) is 1. The second kappa shape index (κ2) is 9.48. The molecule has 1 unspecified atom stereocenters. The average molecular weight is 456 g/mol. The van der Waals surface area contributed by atoms with Gasteiger partial charge in [-0.15, -0.1) is 0 Å². The molecule has 0 aromatic heterocycles. The van der Waals surface area contributed by atoms with E-state index in [0.29, 0.717) is 24.6 Å². The number of alkyl halides is 3. The van der Waals surface area contributed by atoms with Gasteiger partial charge in [-0.25, -0.2) is 4.79 Å². The van der Waals surface area contributed by atoms with E-state index in [1.807, 2.05) is 30.4 Å². The molecule has 33 heavy (non-hydrogen) atoms.